The highest BCUT2D eigenvalue weighted by atomic mass is 32.2. The molecule has 0 aliphatic rings. The first-order valence-electron chi connectivity index (χ1n) is 18.1. The second-order valence-corrected chi connectivity index (χ2v) is 18.6. The number of hydrogen-bond acceptors (Lipinski definition) is 10. The lowest BCUT2D eigenvalue weighted by Gasteiger charge is -2.13. The van der Waals surface area contributed by atoms with Crippen molar-refractivity contribution in [1.29, 1.82) is 0 Å². The molecule has 0 radical (unpaired) electrons. The van der Waals surface area contributed by atoms with E-state index >= 15 is 0 Å². The first kappa shape index (κ1) is 41.4. The van der Waals surface area contributed by atoms with E-state index in [1.807, 2.05) is 67.6 Å². The predicted molar refractivity (Wildman–Crippen MR) is 226 cm³/mol. The smallest absolute Gasteiger partial charge is 0.298 e. The quantitative estimate of drug-likeness (QED) is 0.0819. The fraction of sp³-hybridized carbons (Fsp3) is 0.0435. The Bertz CT molecular complexity index is 2980. The molecule has 0 saturated carbocycles. The third-order valence-corrected chi connectivity index (χ3v) is 13.5. The zero-order valence-corrected chi connectivity index (χ0v) is 34.4. The Morgan fingerprint density at radius 3 is 1.15 bits per heavy atom. The Hall–Kier alpha value is -6.71. The van der Waals surface area contributed by atoms with Crippen molar-refractivity contribution in [2.75, 3.05) is 7.11 Å². The molecule has 0 unspecified atom stereocenters. The maximum Gasteiger partial charge on any atom is 0.298 e. The van der Waals surface area contributed by atoms with E-state index in [0.29, 0.717) is 11.5 Å². The standard InChI is InChI=1S/C46H36O11S3/c1-32-3-22-41(23-4-32)58(47,48)44-28-19-39(20-29-44)57-45-30-21-40(31-46(45)60(51,52)53)56-38-17-26-43(27-18-38)59(49,50)42-24-15-37(16-25-42)55-36-13-9-34(10-14-36)6-5-33-7-11-35(54-2)12-8-33/h3-31H,1-2H3,(H,51,52,53)/b6-5+. The molecule has 14 heteroatoms. The van der Waals surface area contributed by atoms with Crippen LogP contribution in [-0.4, -0.2) is 36.9 Å². The van der Waals surface area contributed by atoms with Crippen LogP contribution in [0.25, 0.3) is 12.2 Å². The highest BCUT2D eigenvalue weighted by Gasteiger charge is 2.22. The average molecular weight is 861 g/mol. The molecular weight excluding hydrogens is 825 g/mol. The number of benzene rings is 7. The molecule has 7 aromatic carbocycles. The van der Waals surface area contributed by atoms with Gasteiger partial charge in [-0.15, -0.1) is 0 Å². The first-order chi connectivity index (χ1) is 28.7. The molecule has 1 N–H and O–H groups in total. The van der Waals surface area contributed by atoms with Gasteiger partial charge < -0.3 is 18.9 Å². The molecular formula is C46H36O11S3. The van der Waals surface area contributed by atoms with Gasteiger partial charge in [0, 0.05) is 6.07 Å². The largest absolute Gasteiger partial charge is 0.497 e. The molecule has 0 atom stereocenters. The summed E-state index contributed by atoms with van der Waals surface area (Å²) >= 11 is 0. The summed E-state index contributed by atoms with van der Waals surface area (Å²) in [5, 5.41) is 0. The highest BCUT2D eigenvalue weighted by molar-refractivity contribution is 7.91. The van der Waals surface area contributed by atoms with E-state index < -0.39 is 34.7 Å². The summed E-state index contributed by atoms with van der Waals surface area (Å²) in [4.78, 5) is -0.459. The zero-order chi connectivity index (χ0) is 42.5. The Labute approximate surface area is 348 Å². The van der Waals surface area contributed by atoms with Crippen LogP contribution < -0.4 is 18.9 Å². The SMILES string of the molecule is COc1ccc(/C=C/c2ccc(Oc3ccc(S(=O)(=O)c4ccc(Oc5ccc(Oc6ccc(S(=O)(=O)c7ccc(C)cc7)cc6)c(S(=O)(=O)O)c5)cc4)cc3)cc2)cc1. The van der Waals surface area contributed by atoms with Gasteiger partial charge in [-0.3, -0.25) is 4.55 Å². The van der Waals surface area contributed by atoms with Crippen LogP contribution in [0.5, 0.6) is 40.2 Å². The van der Waals surface area contributed by atoms with Crippen molar-refractivity contribution in [1.82, 2.24) is 0 Å². The maximum absolute atomic E-state index is 13.5. The number of sulfone groups is 2. The van der Waals surface area contributed by atoms with E-state index in [1.165, 1.54) is 84.9 Å². The van der Waals surface area contributed by atoms with E-state index in [2.05, 4.69) is 0 Å². The van der Waals surface area contributed by atoms with Crippen molar-refractivity contribution in [3.8, 4) is 40.2 Å². The second kappa shape index (κ2) is 17.3. The van der Waals surface area contributed by atoms with Gasteiger partial charge in [-0.1, -0.05) is 54.1 Å². The average Bonchev–Trinajstić information content (AvgIpc) is 3.24. The topological polar surface area (TPSA) is 160 Å². The van der Waals surface area contributed by atoms with Crippen LogP contribution in [0.2, 0.25) is 0 Å². The Morgan fingerprint density at radius 2 is 0.750 bits per heavy atom. The molecule has 0 fully saturated rings. The number of aryl methyl sites for hydroxylation is 1. The van der Waals surface area contributed by atoms with Gasteiger partial charge in [-0.25, -0.2) is 16.8 Å². The molecule has 0 aliphatic carbocycles. The molecule has 7 rings (SSSR count). The first-order valence-corrected chi connectivity index (χ1v) is 22.5. The van der Waals surface area contributed by atoms with E-state index in [-0.39, 0.29) is 42.6 Å². The van der Waals surface area contributed by atoms with E-state index in [9.17, 15) is 29.8 Å². The lowest BCUT2D eigenvalue weighted by atomic mass is 10.1. The summed E-state index contributed by atoms with van der Waals surface area (Å²) in [6.45, 7) is 1.85. The third-order valence-electron chi connectivity index (χ3n) is 9.09. The van der Waals surface area contributed by atoms with Crippen molar-refractivity contribution < 1.29 is 48.8 Å². The Balaban J connectivity index is 0.983. The molecule has 0 aromatic heterocycles. The molecule has 0 saturated heterocycles. The molecule has 304 valence electrons. The maximum atomic E-state index is 13.5. The minimum Gasteiger partial charge on any atom is -0.497 e. The van der Waals surface area contributed by atoms with E-state index in [1.54, 1.807) is 31.4 Å². The fourth-order valence-electron chi connectivity index (χ4n) is 5.84. The van der Waals surface area contributed by atoms with Crippen molar-refractivity contribution in [2.45, 2.75) is 31.4 Å². The number of ether oxygens (including phenoxy) is 4. The van der Waals surface area contributed by atoms with E-state index in [0.717, 1.165) is 28.5 Å². The van der Waals surface area contributed by atoms with Gasteiger partial charge in [0.1, 0.15) is 45.1 Å². The van der Waals surface area contributed by atoms with Crippen molar-refractivity contribution in [3.63, 3.8) is 0 Å². The van der Waals surface area contributed by atoms with Gasteiger partial charge in [0.15, 0.2) is 0 Å². The number of rotatable bonds is 14. The highest BCUT2D eigenvalue weighted by Crippen LogP contribution is 2.35. The van der Waals surface area contributed by atoms with Gasteiger partial charge in [-0.2, -0.15) is 8.42 Å². The predicted octanol–water partition coefficient (Wildman–Crippen LogP) is 10.5. The van der Waals surface area contributed by atoms with Crippen LogP contribution >= 0.6 is 0 Å². The molecule has 0 aliphatic heterocycles. The van der Waals surface area contributed by atoms with Crippen molar-refractivity contribution in [3.05, 3.63) is 180 Å². The summed E-state index contributed by atoms with van der Waals surface area (Å²) in [7, 11) is -10.9. The molecule has 0 heterocycles. The van der Waals surface area contributed by atoms with Crippen molar-refractivity contribution >= 4 is 41.9 Å². The summed E-state index contributed by atoms with van der Waals surface area (Å²) in [5.41, 5.74) is 2.91. The minimum atomic E-state index is -4.83. The van der Waals surface area contributed by atoms with Crippen LogP contribution in [0.4, 0.5) is 0 Å². The molecule has 0 bridgehead atoms. The van der Waals surface area contributed by atoms with Gasteiger partial charge in [0.25, 0.3) is 10.1 Å². The van der Waals surface area contributed by atoms with Gasteiger partial charge in [0.2, 0.25) is 19.7 Å². The zero-order valence-electron chi connectivity index (χ0n) is 32.0. The summed E-state index contributed by atoms with van der Waals surface area (Å²) in [5.74, 6) is 1.85. The Kier molecular flexibility index (Phi) is 11.9. The molecule has 7 aromatic rings. The van der Waals surface area contributed by atoms with Crippen LogP contribution in [0.15, 0.2) is 188 Å². The summed E-state index contributed by atoms with van der Waals surface area (Å²) in [6.07, 6.45) is 3.97. The lowest BCUT2D eigenvalue weighted by molar-refractivity contribution is 0.415. The van der Waals surface area contributed by atoms with Gasteiger partial charge in [-0.05, 0) is 139 Å². The molecule has 0 amide bonds. The van der Waals surface area contributed by atoms with Gasteiger partial charge in [0.05, 0.1) is 26.7 Å². The third kappa shape index (κ3) is 9.76. The van der Waals surface area contributed by atoms with Crippen molar-refractivity contribution in [2.24, 2.45) is 0 Å². The lowest BCUT2D eigenvalue weighted by Crippen LogP contribution is -2.03. The minimum absolute atomic E-state index is 0.000347. The summed E-state index contributed by atoms with van der Waals surface area (Å²) < 4.78 is 110. The summed E-state index contributed by atoms with van der Waals surface area (Å²) in [6, 6.07) is 42.2. The van der Waals surface area contributed by atoms with Crippen LogP contribution in [-0.2, 0) is 29.8 Å². The van der Waals surface area contributed by atoms with Crippen LogP contribution in [0.1, 0.15) is 16.7 Å². The molecule has 60 heavy (non-hydrogen) atoms. The number of methoxy groups -OCH3 is 1. The molecule has 0 spiro atoms. The van der Waals surface area contributed by atoms with Crippen LogP contribution in [0, 0.1) is 6.92 Å². The monoisotopic (exact) mass is 860 g/mol. The second-order valence-electron chi connectivity index (χ2n) is 13.3. The van der Waals surface area contributed by atoms with Crippen LogP contribution in [0.3, 0.4) is 0 Å². The normalized spacial score (nSPS) is 11.9. The van der Waals surface area contributed by atoms with E-state index in [4.69, 9.17) is 18.9 Å². The Morgan fingerprint density at radius 1 is 0.417 bits per heavy atom. The number of hydrogen-bond donors (Lipinski definition) is 1. The molecule has 11 nitrogen and oxygen atoms in total. The fourth-order valence-corrected chi connectivity index (χ4v) is 8.99. The van der Waals surface area contributed by atoms with Gasteiger partial charge >= 0.3 is 0 Å².